The molecule has 0 spiro atoms. The van der Waals surface area contributed by atoms with E-state index in [2.05, 4.69) is 0 Å². The molecule has 2 aromatic carbocycles. The van der Waals surface area contributed by atoms with Crippen LogP contribution in [0.5, 0.6) is 5.75 Å². The van der Waals surface area contributed by atoms with Crippen molar-refractivity contribution in [3.63, 3.8) is 0 Å². The lowest BCUT2D eigenvalue weighted by Crippen LogP contribution is -2.09. The maximum absolute atomic E-state index is 12.8. The average molecular weight is 326 g/mol. The van der Waals surface area contributed by atoms with Gasteiger partial charge in [-0.25, -0.2) is 9.18 Å². The Labute approximate surface area is 137 Å². The van der Waals surface area contributed by atoms with Crippen LogP contribution in [0.4, 0.5) is 4.39 Å². The van der Waals surface area contributed by atoms with E-state index < -0.39 is 11.6 Å². The Morgan fingerprint density at radius 1 is 1.12 bits per heavy atom. The quantitative estimate of drug-likeness (QED) is 0.416. The second-order valence-corrected chi connectivity index (χ2v) is 5.51. The molecule has 0 unspecified atom stereocenters. The van der Waals surface area contributed by atoms with E-state index in [-0.39, 0.29) is 12.2 Å². The molecule has 0 amide bonds. The second-order valence-electron chi connectivity index (χ2n) is 5.51. The molecule has 3 aromatic rings. The standard InChI is InChI=1S/C19H15FO4/c1-12-10-19(22)24-17-11-15(7-8-16(12)17)23-18(21)9-4-13-2-5-14(20)6-3-13/h2-3,5-8,10-11H,4,9H2,1H3. The molecule has 0 radical (unpaired) electrons. The molecular formula is C19H15FO4. The molecule has 122 valence electrons. The summed E-state index contributed by atoms with van der Waals surface area (Å²) < 4.78 is 23.2. The lowest BCUT2D eigenvalue weighted by molar-refractivity contribution is -0.134. The fourth-order valence-corrected chi connectivity index (χ4v) is 2.45. The number of carbonyl (C=O) groups is 1. The normalized spacial score (nSPS) is 10.8. The van der Waals surface area contributed by atoms with Gasteiger partial charge in [-0.15, -0.1) is 0 Å². The van der Waals surface area contributed by atoms with E-state index in [1.165, 1.54) is 24.3 Å². The van der Waals surface area contributed by atoms with Crippen LogP contribution in [0.3, 0.4) is 0 Å². The predicted molar refractivity (Wildman–Crippen MR) is 87.6 cm³/mol. The summed E-state index contributed by atoms with van der Waals surface area (Å²) in [5, 5.41) is 0.792. The molecule has 0 aliphatic carbocycles. The molecule has 0 aliphatic heterocycles. The average Bonchev–Trinajstić information content (AvgIpc) is 2.54. The molecule has 0 bridgehead atoms. The largest absolute Gasteiger partial charge is 0.426 e. The van der Waals surface area contributed by atoms with Crippen LogP contribution < -0.4 is 10.4 Å². The van der Waals surface area contributed by atoms with Gasteiger partial charge in [0, 0.05) is 23.9 Å². The van der Waals surface area contributed by atoms with Crippen LogP contribution in [0.15, 0.2) is 57.7 Å². The highest BCUT2D eigenvalue weighted by Gasteiger charge is 2.09. The Hall–Kier alpha value is -2.95. The first kappa shape index (κ1) is 15.9. The maximum Gasteiger partial charge on any atom is 0.336 e. The number of esters is 1. The van der Waals surface area contributed by atoms with Crippen LogP contribution in [-0.4, -0.2) is 5.97 Å². The summed E-state index contributed by atoms with van der Waals surface area (Å²) in [6, 6.07) is 12.3. The fourth-order valence-electron chi connectivity index (χ4n) is 2.45. The van der Waals surface area contributed by atoms with Crippen LogP contribution in [0.1, 0.15) is 17.5 Å². The molecule has 24 heavy (non-hydrogen) atoms. The highest BCUT2D eigenvalue weighted by atomic mass is 19.1. The highest BCUT2D eigenvalue weighted by Crippen LogP contribution is 2.22. The molecule has 0 saturated heterocycles. The first-order chi connectivity index (χ1) is 11.5. The molecule has 5 heteroatoms. The van der Waals surface area contributed by atoms with Crippen LogP contribution in [0, 0.1) is 12.7 Å². The number of halogens is 1. The number of benzene rings is 2. The van der Waals surface area contributed by atoms with Crippen molar-refractivity contribution in [3.8, 4) is 5.75 Å². The Morgan fingerprint density at radius 2 is 1.88 bits per heavy atom. The molecule has 0 saturated carbocycles. The lowest BCUT2D eigenvalue weighted by atomic mass is 10.1. The minimum atomic E-state index is -0.445. The number of aryl methyl sites for hydroxylation is 2. The fraction of sp³-hybridized carbons (Fsp3) is 0.158. The first-order valence-corrected chi connectivity index (χ1v) is 7.51. The van der Waals surface area contributed by atoms with Gasteiger partial charge in [0.15, 0.2) is 0 Å². The van der Waals surface area contributed by atoms with E-state index in [0.29, 0.717) is 17.8 Å². The van der Waals surface area contributed by atoms with Crippen molar-refractivity contribution in [2.24, 2.45) is 0 Å². The van der Waals surface area contributed by atoms with Crippen LogP contribution in [0.2, 0.25) is 0 Å². The number of rotatable bonds is 4. The topological polar surface area (TPSA) is 56.5 Å². The zero-order valence-corrected chi connectivity index (χ0v) is 13.0. The number of hydrogen-bond donors (Lipinski definition) is 0. The number of fused-ring (bicyclic) bond motifs is 1. The highest BCUT2D eigenvalue weighted by molar-refractivity contribution is 5.82. The third-order valence-corrected chi connectivity index (χ3v) is 3.69. The van der Waals surface area contributed by atoms with Crippen LogP contribution >= 0.6 is 0 Å². The van der Waals surface area contributed by atoms with Gasteiger partial charge in [-0.1, -0.05) is 12.1 Å². The Kier molecular flexibility index (Phi) is 4.42. The minimum Gasteiger partial charge on any atom is -0.426 e. The number of ether oxygens (including phenoxy) is 1. The van der Waals surface area contributed by atoms with Crippen molar-refractivity contribution in [3.05, 3.63) is 75.9 Å². The van der Waals surface area contributed by atoms with E-state index in [0.717, 1.165) is 16.5 Å². The van der Waals surface area contributed by atoms with Gasteiger partial charge < -0.3 is 9.15 Å². The molecule has 1 heterocycles. The molecule has 4 nitrogen and oxygen atoms in total. The summed E-state index contributed by atoms with van der Waals surface area (Å²) in [4.78, 5) is 23.4. The lowest BCUT2D eigenvalue weighted by Gasteiger charge is -2.06. The van der Waals surface area contributed by atoms with Gasteiger partial charge in [0.05, 0.1) is 0 Å². The molecule has 0 aliphatic rings. The zero-order valence-electron chi connectivity index (χ0n) is 13.0. The smallest absolute Gasteiger partial charge is 0.336 e. The van der Waals surface area contributed by atoms with Gasteiger partial charge in [-0.05, 0) is 48.7 Å². The molecule has 3 rings (SSSR count). The van der Waals surface area contributed by atoms with Crippen molar-refractivity contribution in [1.29, 1.82) is 0 Å². The van der Waals surface area contributed by atoms with E-state index >= 15 is 0 Å². The maximum atomic E-state index is 12.8. The summed E-state index contributed by atoms with van der Waals surface area (Å²) in [6.07, 6.45) is 0.627. The van der Waals surface area contributed by atoms with Gasteiger partial charge in [0.25, 0.3) is 0 Å². The van der Waals surface area contributed by atoms with Crippen molar-refractivity contribution in [2.75, 3.05) is 0 Å². The summed E-state index contributed by atoms with van der Waals surface area (Å²) >= 11 is 0. The molecular weight excluding hydrogens is 311 g/mol. The SMILES string of the molecule is Cc1cc(=O)oc2cc(OC(=O)CCc3ccc(F)cc3)ccc12. The van der Waals surface area contributed by atoms with E-state index in [9.17, 15) is 14.0 Å². The zero-order chi connectivity index (χ0) is 17.1. The van der Waals surface area contributed by atoms with Gasteiger partial charge >= 0.3 is 11.6 Å². The van der Waals surface area contributed by atoms with E-state index in [1.807, 2.05) is 6.92 Å². The molecule has 0 N–H and O–H groups in total. The minimum absolute atomic E-state index is 0.168. The van der Waals surface area contributed by atoms with Crippen molar-refractivity contribution >= 4 is 16.9 Å². The van der Waals surface area contributed by atoms with Gasteiger partial charge in [0.1, 0.15) is 17.1 Å². The van der Waals surface area contributed by atoms with Crippen molar-refractivity contribution < 1.29 is 18.3 Å². The Balaban J connectivity index is 1.69. The first-order valence-electron chi connectivity index (χ1n) is 7.51. The van der Waals surface area contributed by atoms with Crippen molar-refractivity contribution in [1.82, 2.24) is 0 Å². The monoisotopic (exact) mass is 326 g/mol. The van der Waals surface area contributed by atoms with Crippen LogP contribution in [0.25, 0.3) is 11.0 Å². The summed E-state index contributed by atoms with van der Waals surface area (Å²) in [6.45, 7) is 1.81. The number of hydrogen-bond acceptors (Lipinski definition) is 4. The third kappa shape index (κ3) is 3.68. The van der Waals surface area contributed by atoms with Crippen LogP contribution in [-0.2, 0) is 11.2 Å². The predicted octanol–water partition coefficient (Wildman–Crippen LogP) is 3.78. The molecule has 0 atom stereocenters. The van der Waals surface area contributed by atoms with Crippen molar-refractivity contribution in [2.45, 2.75) is 19.8 Å². The third-order valence-electron chi connectivity index (χ3n) is 3.69. The van der Waals surface area contributed by atoms with Gasteiger partial charge in [0.2, 0.25) is 0 Å². The van der Waals surface area contributed by atoms with Gasteiger partial charge in [-0.2, -0.15) is 0 Å². The Morgan fingerprint density at radius 3 is 2.62 bits per heavy atom. The summed E-state index contributed by atoms with van der Waals surface area (Å²) in [7, 11) is 0. The van der Waals surface area contributed by atoms with E-state index in [1.54, 1.807) is 24.3 Å². The number of carbonyl (C=O) groups excluding carboxylic acids is 1. The van der Waals surface area contributed by atoms with Gasteiger partial charge in [-0.3, -0.25) is 4.79 Å². The molecule has 1 aromatic heterocycles. The summed E-state index contributed by atoms with van der Waals surface area (Å²) in [5.74, 6) is -0.400. The van der Waals surface area contributed by atoms with E-state index in [4.69, 9.17) is 9.15 Å². The Bertz CT molecular complexity index is 942. The second kappa shape index (κ2) is 6.66. The molecule has 0 fully saturated rings. The summed E-state index contributed by atoms with van der Waals surface area (Å²) in [5.41, 5.74) is 1.59.